The first-order valence-corrected chi connectivity index (χ1v) is 7.27. The summed E-state index contributed by atoms with van der Waals surface area (Å²) < 4.78 is 4.91. The van der Waals surface area contributed by atoms with Crippen LogP contribution >= 0.6 is 19.4 Å². The van der Waals surface area contributed by atoms with Crippen LogP contribution in [0, 0.1) is 0 Å². The number of benzene rings is 1. The van der Waals surface area contributed by atoms with Crippen LogP contribution in [0.15, 0.2) is 30.3 Å². The number of methoxy groups -OCH3 is 1. The van der Waals surface area contributed by atoms with Crippen molar-refractivity contribution in [2.45, 2.75) is 0 Å². The van der Waals surface area contributed by atoms with Gasteiger partial charge in [0.15, 0.2) is 0 Å². The van der Waals surface area contributed by atoms with Gasteiger partial charge in [0, 0.05) is 0 Å². The van der Waals surface area contributed by atoms with Crippen LogP contribution in [0.25, 0.3) is 0 Å². The molecule has 64 valence electrons. The topological polar surface area (TPSA) is 9.23 Å². The van der Waals surface area contributed by atoms with E-state index in [0.717, 1.165) is 5.75 Å². The van der Waals surface area contributed by atoms with E-state index in [9.17, 15) is 0 Å². The van der Waals surface area contributed by atoms with Gasteiger partial charge in [-0.05, 0) is 12.1 Å². The quantitative estimate of drug-likeness (QED) is 0.718. The van der Waals surface area contributed by atoms with Gasteiger partial charge in [0.25, 0.3) is 0 Å². The Morgan fingerprint density at radius 1 is 1.18 bits per heavy atom. The van der Waals surface area contributed by atoms with Gasteiger partial charge < -0.3 is 4.74 Å². The summed E-state index contributed by atoms with van der Waals surface area (Å²) in [6.45, 7) is 0. The first kappa shape index (κ1) is 11.2. The summed E-state index contributed by atoms with van der Waals surface area (Å²) in [4.78, 5) is 0. The van der Waals surface area contributed by atoms with E-state index in [0.29, 0.717) is 0 Å². The Labute approximate surface area is 82.3 Å². The van der Waals surface area contributed by atoms with Crippen LogP contribution in [0.4, 0.5) is 0 Å². The predicted molar refractivity (Wildman–Crippen MR) is 44.7 cm³/mol. The van der Waals surface area contributed by atoms with E-state index in [1.54, 1.807) is 7.11 Å². The molecule has 0 atom stereocenters. The number of rotatable bonds is 1. The summed E-state index contributed by atoms with van der Waals surface area (Å²) >= 11 is -0.346. The summed E-state index contributed by atoms with van der Waals surface area (Å²) in [7, 11) is 11.4. The fourth-order valence-electron chi connectivity index (χ4n) is 0.557. The molecule has 1 rings (SSSR count). The predicted octanol–water partition coefficient (Wildman–Crippen LogP) is 3.07. The average molecular weight is 280 g/mol. The fourth-order valence-corrected chi connectivity index (χ4v) is 0.557. The molecule has 0 N–H and O–H groups in total. The van der Waals surface area contributed by atoms with Gasteiger partial charge in [-0.15, -0.1) is 0 Å². The number of para-hydroxylation sites is 1. The molecule has 0 aliphatic carbocycles. The van der Waals surface area contributed by atoms with E-state index in [1.807, 2.05) is 30.3 Å². The Kier molecular flexibility index (Phi) is 8.49. The first-order chi connectivity index (χ1) is 5.35. The molecular weight excluding hydrogens is 272 g/mol. The molecule has 0 aromatic heterocycles. The van der Waals surface area contributed by atoms with Crippen molar-refractivity contribution in [3.8, 4) is 5.75 Å². The van der Waals surface area contributed by atoms with Crippen molar-refractivity contribution in [2.75, 3.05) is 7.11 Å². The van der Waals surface area contributed by atoms with Crippen LogP contribution in [-0.4, -0.2) is 7.11 Å². The summed E-state index contributed by atoms with van der Waals surface area (Å²) in [6, 6.07) is 9.68. The fraction of sp³-hybridized carbons (Fsp3) is 0.143. The molecule has 0 spiro atoms. The number of ether oxygens (including phenoxy) is 1. The van der Waals surface area contributed by atoms with Crippen molar-refractivity contribution in [3.63, 3.8) is 0 Å². The van der Waals surface area contributed by atoms with Gasteiger partial charge in [-0.25, -0.2) is 0 Å². The van der Waals surface area contributed by atoms with Gasteiger partial charge in [-0.3, -0.25) is 0 Å². The van der Waals surface area contributed by atoms with E-state index in [-0.39, 0.29) is 15.1 Å². The molecular formula is C7H8Cl2ORu. The summed E-state index contributed by atoms with van der Waals surface area (Å²) in [6.07, 6.45) is 0. The molecule has 1 aromatic rings. The van der Waals surface area contributed by atoms with Crippen LogP contribution < -0.4 is 4.74 Å². The van der Waals surface area contributed by atoms with Gasteiger partial charge in [0.2, 0.25) is 0 Å². The van der Waals surface area contributed by atoms with Gasteiger partial charge in [0.1, 0.15) is 5.75 Å². The van der Waals surface area contributed by atoms with Crippen LogP contribution in [0.1, 0.15) is 0 Å². The van der Waals surface area contributed by atoms with Crippen LogP contribution in [-0.2, 0) is 15.1 Å². The van der Waals surface area contributed by atoms with Gasteiger partial charge in [-0.2, -0.15) is 0 Å². The second-order valence-corrected chi connectivity index (χ2v) is 4.21. The normalized spacial score (nSPS) is 8.27. The molecule has 0 saturated heterocycles. The molecule has 0 aliphatic heterocycles. The van der Waals surface area contributed by atoms with Crippen molar-refractivity contribution in [1.29, 1.82) is 0 Å². The molecule has 0 radical (unpaired) electrons. The summed E-state index contributed by atoms with van der Waals surface area (Å²) in [5.74, 6) is 0.910. The van der Waals surface area contributed by atoms with E-state index in [1.165, 1.54) is 0 Å². The Morgan fingerprint density at radius 2 is 1.64 bits per heavy atom. The zero-order valence-electron chi connectivity index (χ0n) is 5.90. The summed E-state index contributed by atoms with van der Waals surface area (Å²) in [5, 5.41) is 0. The molecule has 1 nitrogen and oxygen atoms in total. The minimum absolute atomic E-state index is 0.346. The van der Waals surface area contributed by atoms with E-state index < -0.39 is 0 Å². The third-order valence-corrected chi connectivity index (χ3v) is 0.979. The van der Waals surface area contributed by atoms with Gasteiger partial charge in [0.05, 0.1) is 7.11 Å². The average Bonchev–Trinajstić information content (AvgIpc) is 2.08. The second kappa shape index (κ2) is 8.32. The molecule has 0 fully saturated rings. The number of hydrogen-bond donors (Lipinski definition) is 0. The Hall–Kier alpha value is 0.223. The van der Waals surface area contributed by atoms with Crippen LogP contribution in [0.2, 0.25) is 0 Å². The maximum absolute atomic E-state index is 4.91. The number of halogens is 2. The third kappa shape index (κ3) is 6.61. The molecule has 0 bridgehead atoms. The van der Waals surface area contributed by atoms with Crippen molar-refractivity contribution in [2.24, 2.45) is 0 Å². The molecule has 0 amide bonds. The molecule has 1 aromatic carbocycles. The number of hydrogen-bond acceptors (Lipinski definition) is 1. The van der Waals surface area contributed by atoms with E-state index in [2.05, 4.69) is 0 Å². The Balaban J connectivity index is 0.000000292. The molecule has 0 heterocycles. The summed E-state index contributed by atoms with van der Waals surface area (Å²) in [5.41, 5.74) is 0. The third-order valence-electron chi connectivity index (χ3n) is 0.979. The zero-order valence-corrected chi connectivity index (χ0v) is 9.15. The van der Waals surface area contributed by atoms with Crippen molar-refractivity contribution < 1.29 is 19.9 Å². The standard InChI is InChI=1S/C7H8O.2ClH.Ru/c1-8-7-5-3-2-4-6-7;;;/h2-6H,1H3;2*1H;/q;;;+2/p-2. The SMILES string of the molecule is COc1ccccc1.[Cl][Ru][Cl]. The molecule has 0 saturated carbocycles. The van der Waals surface area contributed by atoms with E-state index >= 15 is 0 Å². The van der Waals surface area contributed by atoms with Gasteiger partial charge in [-0.1, -0.05) is 18.2 Å². The molecule has 0 aliphatic rings. The molecule has 4 heteroatoms. The van der Waals surface area contributed by atoms with E-state index in [4.69, 9.17) is 24.1 Å². The zero-order chi connectivity index (χ0) is 8.53. The monoisotopic (exact) mass is 280 g/mol. The maximum atomic E-state index is 4.91. The van der Waals surface area contributed by atoms with Crippen LogP contribution in [0.5, 0.6) is 5.75 Å². The second-order valence-electron chi connectivity index (χ2n) is 1.57. The minimum atomic E-state index is -0.346. The van der Waals surface area contributed by atoms with Gasteiger partial charge >= 0.3 is 34.5 Å². The van der Waals surface area contributed by atoms with Crippen molar-refractivity contribution >= 4 is 19.4 Å². The van der Waals surface area contributed by atoms with Crippen molar-refractivity contribution in [3.05, 3.63) is 30.3 Å². The molecule has 11 heavy (non-hydrogen) atoms. The first-order valence-electron chi connectivity index (χ1n) is 2.79. The molecule has 0 unspecified atom stereocenters. The Bertz CT molecular complexity index is 169. The van der Waals surface area contributed by atoms with Crippen LogP contribution in [0.3, 0.4) is 0 Å². The van der Waals surface area contributed by atoms with Crippen molar-refractivity contribution in [1.82, 2.24) is 0 Å². The Morgan fingerprint density at radius 3 is 1.91 bits per heavy atom.